The van der Waals surface area contributed by atoms with Crippen LogP contribution in [0, 0.1) is 24.7 Å². The summed E-state index contributed by atoms with van der Waals surface area (Å²) in [5.41, 5.74) is 3.28. The van der Waals surface area contributed by atoms with E-state index < -0.39 is 0 Å². The molecule has 2 aliphatic heterocycles. The van der Waals surface area contributed by atoms with Crippen LogP contribution in [-0.2, 0) is 0 Å². The molecule has 1 saturated heterocycles. The van der Waals surface area contributed by atoms with Crippen LogP contribution in [0.15, 0.2) is 36.4 Å². The summed E-state index contributed by atoms with van der Waals surface area (Å²) in [7, 11) is 0. The average Bonchev–Trinajstić information content (AvgIpc) is 3.61. The molecule has 0 amide bonds. The lowest BCUT2D eigenvalue weighted by Crippen LogP contribution is -2.61. The van der Waals surface area contributed by atoms with Gasteiger partial charge in [0, 0.05) is 17.3 Å². The van der Waals surface area contributed by atoms with Crippen LogP contribution in [0.4, 0.5) is 5.69 Å². The molecule has 0 bridgehead atoms. The lowest BCUT2D eigenvalue weighted by atomic mass is 9.66. The highest BCUT2D eigenvalue weighted by Gasteiger charge is 2.62. The summed E-state index contributed by atoms with van der Waals surface area (Å²) in [4.78, 5) is 6.08. The molecule has 0 spiro atoms. The molecule has 1 aromatic rings. The molecule has 2 heterocycles. The van der Waals surface area contributed by atoms with Crippen LogP contribution < -0.4 is 4.90 Å². The molecule has 1 aromatic carbocycles. The molecule has 0 aromatic heterocycles. The van der Waals surface area contributed by atoms with Gasteiger partial charge in [0.15, 0.2) is 0 Å². The maximum atomic E-state index is 3.17. The van der Waals surface area contributed by atoms with Gasteiger partial charge in [0.2, 0.25) is 0 Å². The van der Waals surface area contributed by atoms with Gasteiger partial charge in [-0.25, -0.2) is 0 Å². The zero-order chi connectivity index (χ0) is 21.7. The van der Waals surface area contributed by atoms with Gasteiger partial charge in [-0.3, -0.25) is 4.90 Å². The van der Waals surface area contributed by atoms with Crippen molar-refractivity contribution in [1.82, 2.24) is 4.90 Å². The third-order valence-electron chi connectivity index (χ3n) is 10.3. The van der Waals surface area contributed by atoms with Crippen LogP contribution in [0.25, 0.3) is 0 Å². The molecule has 3 saturated carbocycles. The van der Waals surface area contributed by atoms with E-state index in [9.17, 15) is 0 Å². The fourth-order valence-corrected chi connectivity index (χ4v) is 8.93. The molecule has 0 N–H and O–H groups in total. The second kappa shape index (κ2) is 8.49. The highest BCUT2D eigenvalue weighted by Crippen LogP contribution is 2.57. The maximum absolute atomic E-state index is 3.17. The fraction of sp³-hybridized carbons (Fsp3) is 0.733. The van der Waals surface area contributed by atoms with Crippen molar-refractivity contribution in [2.24, 2.45) is 17.8 Å². The Morgan fingerprint density at radius 2 is 1.38 bits per heavy atom. The van der Waals surface area contributed by atoms with Gasteiger partial charge in [0.25, 0.3) is 0 Å². The first-order valence-electron chi connectivity index (χ1n) is 14.0. The quantitative estimate of drug-likeness (QED) is 0.455. The van der Waals surface area contributed by atoms with Gasteiger partial charge < -0.3 is 4.90 Å². The van der Waals surface area contributed by atoms with Crippen LogP contribution in [0.1, 0.15) is 96.0 Å². The Hall–Kier alpha value is -1.28. The van der Waals surface area contributed by atoms with Crippen molar-refractivity contribution in [3.63, 3.8) is 0 Å². The van der Waals surface area contributed by atoms with E-state index in [2.05, 4.69) is 60.1 Å². The Labute approximate surface area is 196 Å². The zero-order valence-corrected chi connectivity index (χ0v) is 20.5. The predicted molar refractivity (Wildman–Crippen MR) is 135 cm³/mol. The number of hydrogen-bond acceptors (Lipinski definition) is 2. The summed E-state index contributed by atoms with van der Waals surface area (Å²) in [5.74, 6) is 2.57. The Morgan fingerprint density at radius 3 is 2.03 bits per heavy atom. The number of para-hydroxylation sites is 1. The minimum Gasteiger partial charge on any atom is -0.351 e. The highest BCUT2D eigenvalue weighted by atomic mass is 15.5. The van der Waals surface area contributed by atoms with E-state index >= 15 is 0 Å². The first-order chi connectivity index (χ1) is 15.7. The van der Waals surface area contributed by atoms with Crippen molar-refractivity contribution in [3.8, 4) is 0 Å². The van der Waals surface area contributed by atoms with Crippen LogP contribution in [0.5, 0.6) is 0 Å². The molecular formula is C30H44N2. The summed E-state index contributed by atoms with van der Waals surface area (Å²) >= 11 is 0. The maximum Gasteiger partial charge on any atom is 0.0865 e. The second-order valence-electron chi connectivity index (χ2n) is 11.9. The summed E-state index contributed by atoms with van der Waals surface area (Å²) in [6, 6.07) is 10.4. The van der Waals surface area contributed by atoms with E-state index in [0.717, 1.165) is 17.8 Å². The van der Waals surface area contributed by atoms with Crippen molar-refractivity contribution in [2.45, 2.75) is 121 Å². The Balaban J connectivity index is 1.48. The Kier molecular flexibility index (Phi) is 5.65. The third kappa shape index (κ3) is 3.15. The van der Waals surface area contributed by atoms with Crippen molar-refractivity contribution in [2.75, 3.05) is 4.90 Å². The van der Waals surface area contributed by atoms with E-state index in [1.165, 1.54) is 94.7 Å². The topological polar surface area (TPSA) is 6.48 Å². The molecule has 3 unspecified atom stereocenters. The largest absolute Gasteiger partial charge is 0.351 e. The monoisotopic (exact) mass is 432 g/mol. The first kappa shape index (κ1) is 21.3. The normalized spacial score (nSPS) is 37.1. The van der Waals surface area contributed by atoms with Crippen LogP contribution in [0.3, 0.4) is 0 Å². The van der Waals surface area contributed by atoms with Gasteiger partial charge in [-0.2, -0.15) is 0 Å². The Bertz CT molecular complexity index is 827. The number of aryl methyl sites for hydroxylation is 1. The minimum atomic E-state index is 0.320. The number of benzene rings is 1. The molecule has 32 heavy (non-hydrogen) atoms. The molecule has 6 rings (SSSR count). The van der Waals surface area contributed by atoms with Crippen molar-refractivity contribution in [1.29, 1.82) is 0 Å². The van der Waals surface area contributed by atoms with E-state index in [1.54, 1.807) is 0 Å². The van der Waals surface area contributed by atoms with Crippen LogP contribution >= 0.6 is 0 Å². The van der Waals surface area contributed by atoms with Crippen LogP contribution in [0.2, 0.25) is 0 Å². The summed E-state index contributed by atoms with van der Waals surface area (Å²) in [6.45, 7) is 4.87. The lowest BCUT2D eigenvalue weighted by molar-refractivity contribution is -0.0196. The van der Waals surface area contributed by atoms with E-state index in [0.29, 0.717) is 23.8 Å². The molecule has 2 heteroatoms. The number of fused-ring (bicyclic) bond motifs is 1. The smallest absolute Gasteiger partial charge is 0.0865 e. The highest BCUT2D eigenvalue weighted by molar-refractivity contribution is 5.57. The average molecular weight is 433 g/mol. The molecule has 2 nitrogen and oxygen atoms in total. The standard InChI is InChI=1S/C30H44N2/c1-22-12-6-11-19-27(22)31-23(2)28-20-21-30(26-17-9-10-18-26,25-15-4-3-5-16-25)32(28)29(31)24-13-7-8-14-24/h6,11-12,19-21,23-26,28-29H,3-5,7-10,13-18H2,1-2H3/t23-,28?,29?,30?/m0/s1. The number of anilines is 1. The lowest BCUT2D eigenvalue weighted by Gasteiger charge is -2.53. The SMILES string of the molecule is Cc1ccccc1N1C(C2CCCC2)N2C(C=CC2(C2CCCCC2)C2CCCC2)[C@@H]1C. The minimum absolute atomic E-state index is 0.320. The summed E-state index contributed by atoms with van der Waals surface area (Å²) in [5, 5.41) is 0. The number of nitrogens with zero attached hydrogens (tertiary/aromatic N) is 2. The van der Waals surface area contributed by atoms with Crippen molar-refractivity contribution >= 4 is 5.69 Å². The van der Waals surface area contributed by atoms with Crippen molar-refractivity contribution < 1.29 is 0 Å². The predicted octanol–water partition coefficient (Wildman–Crippen LogP) is 7.47. The van der Waals surface area contributed by atoms with Gasteiger partial charge in [-0.1, -0.05) is 75.3 Å². The van der Waals surface area contributed by atoms with E-state index in [4.69, 9.17) is 0 Å². The van der Waals surface area contributed by atoms with Gasteiger partial charge in [-0.05, 0) is 81.8 Å². The van der Waals surface area contributed by atoms with E-state index in [-0.39, 0.29) is 0 Å². The molecule has 4 fully saturated rings. The first-order valence-corrected chi connectivity index (χ1v) is 14.0. The van der Waals surface area contributed by atoms with Gasteiger partial charge >= 0.3 is 0 Å². The number of rotatable bonds is 4. The van der Waals surface area contributed by atoms with E-state index in [1.807, 2.05) is 0 Å². The number of hydrogen-bond donors (Lipinski definition) is 0. The Morgan fingerprint density at radius 1 is 0.781 bits per heavy atom. The summed E-state index contributed by atoms with van der Waals surface area (Å²) < 4.78 is 0. The molecule has 5 aliphatic rings. The van der Waals surface area contributed by atoms with Crippen molar-refractivity contribution in [3.05, 3.63) is 42.0 Å². The fourth-order valence-electron chi connectivity index (χ4n) is 8.93. The van der Waals surface area contributed by atoms with Crippen LogP contribution in [-0.4, -0.2) is 28.7 Å². The molecule has 0 radical (unpaired) electrons. The molecule has 3 aliphatic carbocycles. The second-order valence-corrected chi connectivity index (χ2v) is 11.9. The van der Waals surface area contributed by atoms with Gasteiger partial charge in [0.05, 0.1) is 12.2 Å². The molecular weight excluding hydrogens is 388 g/mol. The molecule has 174 valence electrons. The van der Waals surface area contributed by atoms with Gasteiger partial charge in [-0.15, -0.1) is 0 Å². The zero-order valence-electron chi connectivity index (χ0n) is 20.5. The molecule has 4 atom stereocenters. The van der Waals surface area contributed by atoms with Gasteiger partial charge in [0.1, 0.15) is 0 Å². The third-order valence-corrected chi connectivity index (χ3v) is 10.3. The summed E-state index contributed by atoms with van der Waals surface area (Å²) in [6.07, 6.45) is 24.9.